The van der Waals surface area contributed by atoms with Gasteiger partial charge in [-0.25, -0.2) is 4.68 Å². The number of hydrogen-bond donors (Lipinski definition) is 1. The van der Waals surface area contributed by atoms with E-state index in [9.17, 15) is 0 Å². The minimum Gasteiger partial charge on any atom is -0.369 e. The van der Waals surface area contributed by atoms with Gasteiger partial charge >= 0.3 is 0 Å². The second kappa shape index (κ2) is 10.1. The van der Waals surface area contributed by atoms with Crippen LogP contribution in [0.5, 0.6) is 0 Å². The topological polar surface area (TPSA) is 36.3 Å². The number of nitrogens with one attached hydrogen (secondary N) is 1. The molecule has 0 amide bonds. The Kier molecular flexibility index (Phi) is 7.54. The summed E-state index contributed by atoms with van der Waals surface area (Å²) in [5.41, 5.74) is 4.59. The van der Waals surface area contributed by atoms with Crippen LogP contribution >= 0.6 is 11.6 Å². The molecule has 152 valence electrons. The Bertz CT molecular complexity index is 760. The van der Waals surface area contributed by atoms with Crippen LogP contribution in [0.4, 0.5) is 5.69 Å². The molecule has 0 bridgehead atoms. The molecule has 1 fully saturated rings. The van der Waals surface area contributed by atoms with Gasteiger partial charge in [-0.05, 0) is 43.7 Å². The van der Waals surface area contributed by atoms with Gasteiger partial charge < -0.3 is 10.2 Å². The van der Waals surface area contributed by atoms with E-state index in [1.54, 1.807) is 0 Å². The molecule has 0 radical (unpaired) electrons. The minimum atomic E-state index is 0.795. The number of aryl methyl sites for hydroxylation is 1. The summed E-state index contributed by atoms with van der Waals surface area (Å²) in [6.45, 7) is 15.4. The summed E-state index contributed by atoms with van der Waals surface area (Å²) in [6.07, 6.45) is 2.16. The number of nitrogens with zero attached hydrogens (tertiary/aromatic N) is 4. The van der Waals surface area contributed by atoms with Crippen LogP contribution < -0.4 is 10.2 Å². The van der Waals surface area contributed by atoms with Crippen molar-refractivity contribution in [3.05, 3.63) is 53.3 Å². The Labute approximate surface area is 174 Å². The summed E-state index contributed by atoms with van der Waals surface area (Å²) in [5, 5.41) is 9.03. The largest absolute Gasteiger partial charge is 0.369 e. The van der Waals surface area contributed by atoms with Gasteiger partial charge in [0.15, 0.2) is 0 Å². The lowest BCUT2D eigenvalue weighted by Gasteiger charge is -2.36. The highest BCUT2D eigenvalue weighted by atomic mass is 35.5. The molecule has 3 rings (SSSR count). The third-order valence-electron chi connectivity index (χ3n) is 5.18. The zero-order chi connectivity index (χ0) is 19.9. The van der Waals surface area contributed by atoms with Crippen molar-refractivity contribution in [2.45, 2.75) is 33.2 Å². The van der Waals surface area contributed by atoms with E-state index in [0.717, 1.165) is 75.1 Å². The van der Waals surface area contributed by atoms with Crippen molar-refractivity contribution in [2.75, 3.05) is 44.2 Å². The molecular formula is C22H32ClN5. The third kappa shape index (κ3) is 5.60. The molecule has 1 saturated heterocycles. The summed E-state index contributed by atoms with van der Waals surface area (Å²) in [4.78, 5) is 4.95. The van der Waals surface area contributed by atoms with Crippen LogP contribution in [0.2, 0.25) is 5.02 Å². The van der Waals surface area contributed by atoms with Gasteiger partial charge in [-0.15, -0.1) is 0 Å². The fourth-order valence-corrected chi connectivity index (χ4v) is 3.79. The first-order valence-corrected chi connectivity index (χ1v) is 10.6. The molecule has 1 N–H and O–H groups in total. The number of benzene rings is 1. The zero-order valence-corrected chi connectivity index (χ0v) is 17.9. The SMILES string of the molecule is C=C(C)n1nc(CNCCN2CCN(c3ccc(Cl)cc3)CC2)cc1CCC. The van der Waals surface area contributed by atoms with Crippen molar-refractivity contribution in [3.8, 4) is 0 Å². The van der Waals surface area contributed by atoms with Gasteiger partial charge in [0.25, 0.3) is 0 Å². The maximum absolute atomic E-state index is 5.99. The Morgan fingerprint density at radius 2 is 1.89 bits per heavy atom. The van der Waals surface area contributed by atoms with Crippen molar-refractivity contribution in [1.82, 2.24) is 20.0 Å². The van der Waals surface area contributed by atoms with Gasteiger partial charge in [-0.1, -0.05) is 31.5 Å². The summed E-state index contributed by atoms with van der Waals surface area (Å²) < 4.78 is 1.98. The molecule has 0 spiro atoms. The number of anilines is 1. The Balaban J connectivity index is 1.39. The van der Waals surface area contributed by atoms with E-state index in [-0.39, 0.29) is 0 Å². The van der Waals surface area contributed by atoms with Crippen molar-refractivity contribution in [1.29, 1.82) is 0 Å². The van der Waals surface area contributed by atoms with E-state index in [1.807, 2.05) is 23.7 Å². The highest BCUT2D eigenvalue weighted by Gasteiger charge is 2.16. The van der Waals surface area contributed by atoms with Gasteiger partial charge in [-0.2, -0.15) is 5.10 Å². The molecule has 1 aromatic carbocycles. The van der Waals surface area contributed by atoms with E-state index >= 15 is 0 Å². The molecule has 0 atom stereocenters. The lowest BCUT2D eigenvalue weighted by atomic mass is 10.2. The minimum absolute atomic E-state index is 0.795. The molecule has 1 aromatic heterocycles. The zero-order valence-electron chi connectivity index (χ0n) is 17.1. The number of allylic oxidation sites excluding steroid dienone is 1. The monoisotopic (exact) mass is 401 g/mol. The van der Waals surface area contributed by atoms with E-state index < -0.39 is 0 Å². The van der Waals surface area contributed by atoms with E-state index in [2.05, 4.69) is 51.9 Å². The predicted molar refractivity (Wildman–Crippen MR) is 119 cm³/mol. The number of piperazine rings is 1. The first-order valence-electron chi connectivity index (χ1n) is 10.2. The second-order valence-electron chi connectivity index (χ2n) is 7.51. The maximum Gasteiger partial charge on any atom is 0.0769 e. The van der Waals surface area contributed by atoms with Gasteiger partial charge in [0.05, 0.1) is 5.69 Å². The lowest BCUT2D eigenvalue weighted by Crippen LogP contribution is -2.48. The molecule has 1 aliphatic heterocycles. The van der Waals surface area contributed by atoms with Crippen LogP contribution in [0.25, 0.3) is 5.70 Å². The number of hydrogen-bond acceptors (Lipinski definition) is 4. The van der Waals surface area contributed by atoms with Crippen LogP contribution in [0, 0.1) is 0 Å². The van der Waals surface area contributed by atoms with Crippen molar-refractivity contribution in [2.24, 2.45) is 0 Å². The highest BCUT2D eigenvalue weighted by molar-refractivity contribution is 6.30. The van der Waals surface area contributed by atoms with Crippen LogP contribution in [-0.4, -0.2) is 53.9 Å². The van der Waals surface area contributed by atoms with Crippen molar-refractivity contribution < 1.29 is 0 Å². The van der Waals surface area contributed by atoms with Crippen LogP contribution in [0.15, 0.2) is 36.9 Å². The standard InChI is InChI=1S/C22H32ClN5/c1-4-5-22-16-20(25-28(22)18(2)3)17-24-10-11-26-12-14-27(15-13-26)21-8-6-19(23)7-9-21/h6-9,16,24H,2,4-5,10-15,17H2,1,3H3. The van der Waals surface area contributed by atoms with E-state index in [0.29, 0.717) is 0 Å². The average Bonchev–Trinajstić information content (AvgIpc) is 3.10. The van der Waals surface area contributed by atoms with Crippen LogP contribution in [0.3, 0.4) is 0 Å². The van der Waals surface area contributed by atoms with Crippen molar-refractivity contribution in [3.63, 3.8) is 0 Å². The van der Waals surface area contributed by atoms with Gasteiger partial charge in [0.1, 0.15) is 0 Å². The molecular weight excluding hydrogens is 370 g/mol. The third-order valence-corrected chi connectivity index (χ3v) is 5.43. The van der Waals surface area contributed by atoms with E-state index in [4.69, 9.17) is 11.6 Å². The second-order valence-corrected chi connectivity index (χ2v) is 7.94. The molecule has 0 aliphatic carbocycles. The molecule has 2 heterocycles. The van der Waals surface area contributed by atoms with Crippen molar-refractivity contribution >= 4 is 23.0 Å². The normalized spacial score (nSPS) is 15.2. The predicted octanol–water partition coefficient (Wildman–Crippen LogP) is 3.89. The molecule has 28 heavy (non-hydrogen) atoms. The number of aromatic nitrogens is 2. The quantitative estimate of drug-likeness (QED) is 0.646. The Morgan fingerprint density at radius 3 is 2.54 bits per heavy atom. The first kappa shape index (κ1) is 20.9. The molecule has 1 aliphatic rings. The summed E-state index contributed by atoms with van der Waals surface area (Å²) in [5.74, 6) is 0. The smallest absolute Gasteiger partial charge is 0.0769 e. The lowest BCUT2D eigenvalue weighted by molar-refractivity contribution is 0.257. The number of rotatable bonds is 9. The number of halogens is 1. The Hall–Kier alpha value is -1.82. The van der Waals surface area contributed by atoms with Gasteiger partial charge in [0.2, 0.25) is 0 Å². The molecule has 0 saturated carbocycles. The average molecular weight is 402 g/mol. The Morgan fingerprint density at radius 1 is 1.18 bits per heavy atom. The fraction of sp³-hybridized carbons (Fsp3) is 0.500. The van der Waals surface area contributed by atoms with Gasteiger partial charge in [-0.3, -0.25) is 4.90 Å². The summed E-state index contributed by atoms with van der Waals surface area (Å²) in [7, 11) is 0. The van der Waals surface area contributed by atoms with Gasteiger partial charge in [0, 0.05) is 67.9 Å². The molecule has 5 nitrogen and oxygen atoms in total. The molecule has 0 unspecified atom stereocenters. The summed E-state index contributed by atoms with van der Waals surface area (Å²) in [6, 6.07) is 10.4. The summed E-state index contributed by atoms with van der Waals surface area (Å²) >= 11 is 5.99. The molecule has 6 heteroatoms. The molecule has 2 aromatic rings. The van der Waals surface area contributed by atoms with Crippen LogP contribution in [0.1, 0.15) is 31.7 Å². The van der Waals surface area contributed by atoms with Crippen LogP contribution in [-0.2, 0) is 13.0 Å². The highest BCUT2D eigenvalue weighted by Crippen LogP contribution is 2.19. The first-order chi connectivity index (χ1) is 13.6. The van der Waals surface area contributed by atoms with E-state index in [1.165, 1.54) is 11.4 Å². The maximum atomic E-state index is 5.99. The fourth-order valence-electron chi connectivity index (χ4n) is 3.66.